The van der Waals surface area contributed by atoms with Crippen LogP contribution in [-0.4, -0.2) is 22.1 Å². The SMILES string of the molecule is O=C(Cc1ccc(OC(F)(F)F)cc1)NCc1ccc(-n2ccc(C(F)(F)F)n2)cc1. The third-order valence-electron chi connectivity index (χ3n) is 4.09. The highest BCUT2D eigenvalue weighted by Gasteiger charge is 2.33. The van der Waals surface area contributed by atoms with Crippen molar-refractivity contribution in [2.75, 3.05) is 0 Å². The van der Waals surface area contributed by atoms with Crippen LogP contribution in [0.2, 0.25) is 0 Å². The molecule has 11 heteroatoms. The number of hydrogen-bond acceptors (Lipinski definition) is 3. The molecule has 31 heavy (non-hydrogen) atoms. The third kappa shape index (κ3) is 6.49. The molecule has 2 aromatic carbocycles. The fraction of sp³-hybridized carbons (Fsp3) is 0.200. The van der Waals surface area contributed by atoms with Crippen molar-refractivity contribution >= 4 is 5.91 Å². The van der Waals surface area contributed by atoms with Gasteiger partial charge in [0.1, 0.15) is 5.75 Å². The second kappa shape index (κ2) is 8.70. The van der Waals surface area contributed by atoms with E-state index in [0.29, 0.717) is 16.8 Å². The molecule has 1 N–H and O–H groups in total. The van der Waals surface area contributed by atoms with Gasteiger partial charge in [-0.25, -0.2) is 4.68 Å². The molecule has 1 aromatic heterocycles. The summed E-state index contributed by atoms with van der Waals surface area (Å²) >= 11 is 0. The Balaban J connectivity index is 1.52. The van der Waals surface area contributed by atoms with Crippen LogP contribution < -0.4 is 10.1 Å². The van der Waals surface area contributed by atoms with E-state index in [1.165, 1.54) is 18.3 Å². The molecule has 0 saturated carbocycles. The monoisotopic (exact) mass is 443 g/mol. The first-order valence-electron chi connectivity index (χ1n) is 8.83. The van der Waals surface area contributed by atoms with Crippen LogP contribution in [0.5, 0.6) is 5.75 Å². The number of rotatable bonds is 6. The number of hydrogen-bond donors (Lipinski definition) is 1. The standard InChI is InChI=1S/C20H15F6N3O2/c21-19(22,23)17-9-10-29(28-17)15-5-1-14(2-6-15)12-27-18(30)11-13-3-7-16(8-4-13)31-20(24,25)26/h1-10H,11-12H2,(H,27,30). The van der Waals surface area contributed by atoms with Gasteiger partial charge < -0.3 is 10.1 Å². The molecule has 3 rings (SSSR count). The summed E-state index contributed by atoms with van der Waals surface area (Å²) in [4.78, 5) is 12.0. The number of amides is 1. The molecular formula is C20H15F6N3O2. The fourth-order valence-corrected chi connectivity index (χ4v) is 2.64. The predicted octanol–water partition coefficient (Wildman–Crippen LogP) is 4.65. The number of aromatic nitrogens is 2. The Morgan fingerprint density at radius 1 is 0.903 bits per heavy atom. The lowest BCUT2D eigenvalue weighted by Gasteiger charge is -2.10. The lowest BCUT2D eigenvalue weighted by Crippen LogP contribution is -2.24. The van der Waals surface area contributed by atoms with E-state index in [9.17, 15) is 31.1 Å². The maximum atomic E-state index is 12.6. The molecule has 0 atom stereocenters. The maximum Gasteiger partial charge on any atom is 0.573 e. The average molecular weight is 443 g/mol. The summed E-state index contributed by atoms with van der Waals surface area (Å²) in [6.45, 7) is 0.168. The van der Waals surface area contributed by atoms with E-state index in [4.69, 9.17) is 0 Å². The first-order chi connectivity index (χ1) is 14.5. The molecule has 1 heterocycles. The van der Waals surface area contributed by atoms with E-state index < -0.39 is 18.2 Å². The average Bonchev–Trinajstić information content (AvgIpc) is 3.18. The molecule has 0 saturated heterocycles. The minimum absolute atomic E-state index is 0.0438. The van der Waals surface area contributed by atoms with Gasteiger partial charge in [0.05, 0.1) is 12.1 Å². The van der Waals surface area contributed by atoms with E-state index in [-0.39, 0.29) is 24.6 Å². The molecule has 0 aliphatic rings. The van der Waals surface area contributed by atoms with Crippen LogP contribution in [0.3, 0.4) is 0 Å². The molecular weight excluding hydrogens is 428 g/mol. The molecule has 0 aliphatic heterocycles. The number of alkyl halides is 6. The van der Waals surface area contributed by atoms with Gasteiger partial charge in [-0.3, -0.25) is 4.79 Å². The topological polar surface area (TPSA) is 56.1 Å². The van der Waals surface area contributed by atoms with Crippen LogP contribution in [0.1, 0.15) is 16.8 Å². The van der Waals surface area contributed by atoms with E-state index >= 15 is 0 Å². The highest BCUT2D eigenvalue weighted by molar-refractivity contribution is 5.78. The van der Waals surface area contributed by atoms with E-state index in [2.05, 4.69) is 15.2 Å². The zero-order valence-corrected chi connectivity index (χ0v) is 15.7. The molecule has 0 unspecified atom stereocenters. The zero-order valence-electron chi connectivity index (χ0n) is 15.7. The summed E-state index contributed by atoms with van der Waals surface area (Å²) in [5.41, 5.74) is 0.629. The van der Waals surface area contributed by atoms with Crippen molar-refractivity contribution in [3.8, 4) is 11.4 Å². The molecule has 0 spiro atoms. The Bertz CT molecular complexity index is 1020. The van der Waals surface area contributed by atoms with Crippen LogP contribution in [0.25, 0.3) is 5.69 Å². The predicted molar refractivity (Wildman–Crippen MR) is 97.2 cm³/mol. The van der Waals surface area contributed by atoms with Gasteiger partial charge in [-0.1, -0.05) is 24.3 Å². The number of carbonyl (C=O) groups excluding carboxylic acids is 1. The van der Waals surface area contributed by atoms with Crippen LogP contribution in [0, 0.1) is 0 Å². The number of nitrogens with one attached hydrogen (secondary N) is 1. The van der Waals surface area contributed by atoms with E-state index in [0.717, 1.165) is 22.9 Å². The van der Waals surface area contributed by atoms with Gasteiger partial charge >= 0.3 is 12.5 Å². The van der Waals surface area contributed by atoms with Gasteiger partial charge in [-0.15, -0.1) is 13.2 Å². The first-order valence-corrected chi connectivity index (χ1v) is 8.83. The molecule has 164 valence electrons. The number of ether oxygens (including phenoxy) is 1. The maximum absolute atomic E-state index is 12.6. The molecule has 0 bridgehead atoms. The van der Waals surface area contributed by atoms with Gasteiger partial charge in [-0.2, -0.15) is 18.3 Å². The summed E-state index contributed by atoms with van der Waals surface area (Å²) in [6, 6.07) is 12.2. The highest BCUT2D eigenvalue weighted by Crippen LogP contribution is 2.28. The van der Waals surface area contributed by atoms with Gasteiger partial charge in [0.2, 0.25) is 5.91 Å². The fourth-order valence-electron chi connectivity index (χ4n) is 2.64. The van der Waals surface area contributed by atoms with Gasteiger partial charge in [0.15, 0.2) is 5.69 Å². The van der Waals surface area contributed by atoms with Crippen LogP contribution in [0.15, 0.2) is 60.8 Å². The minimum Gasteiger partial charge on any atom is -0.406 e. The lowest BCUT2D eigenvalue weighted by atomic mass is 10.1. The number of nitrogens with zero attached hydrogens (tertiary/aromatic N) is 2. The van der Waals surface area contributed by atoms with Crippen LogP contribution >= 0.6 is 0 Å². The first kappa shape index (κ1) is 22.2. The Hall–Kier alpha value is -3.50. The second-order valence-electron chi connectivity index (χ2n) is 6.46. The Kier molecular flexibility index (Phi) is 6.23. The molecule has 0 fully saturated rings. The quantitative estimate of drug-likeness (QED) is 0.565. The van der Waals surface area contributed by atoms with Crippen molar-refractivity contribution < 1.29 is 35.9 Å². The summed E-state index contributed by atoms with van der Waals surface area (Å²) in [5.74, 6) is -0.730. The van der Waals surface area contributed by atoms with Gasteiger partial charge in [-0.05, 0) is 41.5 Å². The van der Waals surface area contributed by atoms with Gasteiger partial charge in [0, 0.05) is 12.7 Å². The molecule has 0 radical (unpaired) electrons. The summed E-state index contributed by atoms with van der Waals surface area (Å²) in [7, 11) is 0. The zero-order chi connectivity index (χ0) is 22.6. The smallest absolute Gasteiger partial charge is 0.406 e. The normalized spacial score (nSPS) is 11.9. The third-order valence-corrected chi connectivity index (χ3v) is 4.09. The van der Waals surface area contributed by atoms with Crippen LogP contribution in [0.4, 0.5) is 26.3 Å². The van der Waals surface area contributed by atoms with Crippen molar-refractivity contribution in [2.45, 2.75) is 25.5 Å². The Labute approximate surface area is 172 Å². The Morgan fingerprint density at radius 2 is 1.52 bits per heavy atom. The van der Waals surface area contributed by atoms with Crippen molar-refractivity contribution in [2.24, 2.45) is 0 Å². The van der Waals surface area contributed by atoms with Crippen molar-refractivity contribution in [3.05, 3.63) is 77.6 Å². The second-order valence-corrected chi connectivity index (χ2v) is 6.46. The highest BCUT2D eigenvalue weighted by atomic mass is 19.4. The molecule has 0 aliphatic carbocycles. The summed E-state index contributed by atoms with van der Waals surface area (Å²) in [6.07, 6.45) is -8.16. The molecule has 5 nitrogen and oxygen atoms in total. The summed E-state index contributed by atoms with van der Waals surface area (Å²) in [5, 5.41) is 6.14. The molecule has 1 amide bonds. The Morgan fingerprint density at radius 3 is 2.06 bits per heavy atom. The number of benzene rings is 2. The lowest BCUT2D eigenvalue weighted by molar-refractivity contribution is -0.274. The minimum atomic E-state index is -4.79. The van der Waals surface area contributed by atoms with Gasteiger partial charge in [0.25, 0.3) is 0 Å². The number of halogens is 6. The van der Waals surface area contributed by atoms with Crippen molar-refractivity contribution in [1.29, 1.82) is 0 Å². The van der Waals surface area contributed by atoms with E-state index in [1.807, 2.05) is 0 Å². The largest absolute Gasteiger partial charge is 0.573 e. The van der Waals surface area contributed by atoms with Crippen LogP contribution in [-0.2, 0) is 23.9 Å². The van der Waals surface area contributed by atoms with Crippen molar-refractivity contribution in [1.82, 2.24) is 15.1 Å². The van der Waals surface area contributed by atoms with E-state index in [1.54, 1.807) is 24.3 Å². The summed E-state index contributed by atoms with van der Waals surface area (Å²) < 4.78 is 79.2. The molecule has 3 aromatic rings. The number of carbonyl (C=O) groups is 1. The van der Waals surface area contributed by atoms with Crippen molar-refractivity contribution in [3.63, 3.8) is 0 Å².